The summed E-state index contributed by atoms with van der Waals surface area (Å²) in [6.07, 6.45) is 5.38. The van der Waals surface area contributed by atoms with Crippen molar-refractivity contribution in [2.24, 2.45) is 10.8 Å². The van der Waals surface area contributed by atoms with Crippen molar-refractivity contribution in [2.45, 2.75) is 91.6 Å². The van der Waals surface area contributed by atoms with Gasteiger partial charge >= 0.3 is 0 Å². The largest absolute Gasteiger partial charge is 0.491 e. The second kappa shape index (κ2) is 24.4. The first kappa shape index (κ1) is 57.3. The number of hydrogen-bond donors (Lipinski definition) is 6. The highest BCUT2D eigenvalue weighted by molar-refractivity contribution is 6.30. The summed E-state index contributed by atoms with van der Waals surface area (Å²) < 4.78 is 8.43. The van der Waals surface area contributed by atoms with Crippen molar-refractivity contribution in [3.63, 3.8) is 0 Å². The number of aliphatic hydroxyl groups excluding tert-OH is 1. The number of amides is 6. The average Bonchev–Trinajstić information content (AvgIpc) is 4.14. The fourth-order valence-electron chi connectivity index (χ4n) is 9.65. The topological polar surface area (TPSA) is 276 Å². The van der Waals surface area contributed by atoms with Crippen molar-refractivity contribution >= 4 is 80.7 Å². The molecule has 10 rings (SSSR count). The van der Waals surface area contributed by atoms with Crippen LogP contribution in [-0.2, 0) is 45.4 Å². The molecule has 6 amide bonds. The molecule has 79 heavy (non-hydrogen) atoms. The molecule has 4 aliphatic heterocycles. The van der Waals surface area contributed by atoms with E-state index in [4.69, 9.17) is 33.0 Å². The monoisotopic (exact) mass is 1120 g/mol. The first-order valence-electron chi connectivity index (χ1n) is 25.8. The summed E-state index contributed by atoms with van der Waals surface area (Å²) in [7, 11) is 0. The number of fused-ring (bicyclic) bond motifs is 2. The minimum Gasteiger partial charge on any atom is -0.491 e. The van der Waals surface area contributed by atoms with Crippen LogP contribution in [0.25, 0.3) is 22.1 Å². The van der Waals surface area contributed by atoms with Crippen molar-refractivity contribution in [2.75, 3.05) is 39.4 Å². The summed E-state index contributed by atoms with van der Waals surface area (Å²) in [5.74, 6) is -1.23. The molecular weight excluding hydrogens is 1060 g/mol. The maximum absolute atomic E-state index is 13.6. The van der Waals surface area contributed by atoms with E-state index in [0.29, 0.717) is 66.6 Å². The van der Waals surface area contributed by atoms with Crippen molar-refractivity contribution in [3.8, 4) is 5.75 Å². The molecule has 23 heteroatoms. The number of nitrogens with one attached hydrogen (secondary N) is 5. The number of aromatic nitrogens is 4. The van der Waals surface area contributed by atoms with Gasteiger partial charge in [-0.3, -0.25) is 52.3 Å². The normalized spacial score (nSPS) is 17.7. The predicted molar refractivity (Wildman–Crippen MR) is 296 cm³/mol. The van der Waals surface area contributed by atoms with Crippen molar-refractivity contribution in [3.05, 3.63) is 148 Å². The summed E-state index contributed by atoms with van der Waals surface area (Å²) in [5, 5.41) is 21.2. The van der Waals surface area contributed by atoms with Gasteiger partial charge in [-0.25, -0.2) is 4.98 Å². The molecule has 4 saturated heterocycles. The van der Waals surface area contributed by atoms with Gasteiger partial charge < -0.3 is 45.9 Å². The Bertz CT molecular complexity index is 3490. The number of benzene rings is 2. The number of carbonyl (C=O) groups excluding carboxylic acids is 6. The van der Waals surface area contributed by atoms with Crippen LogP contribution in [0.15, 0.2) is 99.6 Å². The van der Waals surface area contributed by atoms with E-state index in [-0.39, 0.29) is 119 Å². The van der Waals surface area contributed by atoms with Crippen molar-refractivity contribution in [1.29, 1.82) is 0 Å². The highest BCUT2D eigenvalue weighted by Gasteiger charge is 2.39. The molecular formula is C56H62Cl2N10O11. The molecule has 6 aromatic rings. The first-order valence-corrected chi connectivity index (χ1v) is 26.5. The van der Waals surface area contributed by atoms with Crippen LogP contribution in [0.5, 0.6) is 5.75 Å². The van der Waals surface area contributed by atoms with E-state index in [1.54, 1.807) is 64.4 Å². The number of rotatable bonds is 14. The summed E-state index contributed by atoms with van der Waals surface area (Å²) >= 11 is 11.8. The van der Waals surface area contributed by atoms with Gasteiger partial charge in [-0.1, -0.05) is 75.2 Å². The number of likely N-dealkylation sites (tertiary alicyclic amines) is 2. The fraction of sp³-hybridized carbons (Fsp3) is 0.393. The van der Waals surface area contributed by atoms with E-state index >= 15 is 0 Å². The molecule has 6 N–H and O–H groups in total. The van der Waals surface area contributed by atoms with Gasteiger partial charge in [0, 0.05) is 80.6 Å². The Morgan fingerprint density at radius 3 is 1.62 bits per heavy atom. The molecule has 0 spiro atoms. The molecule has 21 nitrogen and oxygen atoms in total. The van der Waals surface area contributed by atoms with Crippen LogP contribution < -0.4 is 42.6 Å². The van der Waals surface area contributed by atoms with E-state index in [2.05, 4.69) is 58.9 Å². The highest BCUT2D eigenvalue weighted by atomic mass is 35.5. The number of nitrogens with zero attached hydrogens (tertiary/aromatic N) is 5. The first-order chi connectivity index (χ1) is 37.6. The highest BCUT2D eigenvalue weighted by Crippen LogP contribution is 2.31. The molecule has 0 aliphatic carbocycles. The maximum atomic E-state index is 13.6. The molecule has 2 atom stereocenters. The van der Waals surface area contributed by atoms with Crippen LogP contribution >= 0.6 is 23.2 Å². The number of ether oxygens (including phenoxy) is 1. The van der Waals surface area contributed by atoms with Gasteiger partial charge in [-0.15, -0.1) is 0 Å². The number of carbonyl (C=O) groups is 6. The Kier molecular flexibility index (Phi) is 17.7. The zero-order valence-electron chi connectivity index (χ0n) is 44.2. The molecule has 0 unspecified atom stereocenters. The van der Waals surface area contributed by atoms with Crippen molar-refractivity contribution in [1.82, 2.24) is 50.2 Å². The number of H-pyrrole nitrogens is 1. The molecule has 0 saturated carbocycles. The number of pyridine rings is 4. The Labute approximate surface area is 463 Å². The van der Waals surface area contributed by atoms with E-state index in [9.17, 15) is 43.2 Å². The van der Waals surface area contributed by atoms with Gasteiger partial charge in [0.05, 0.1) is 29.5 Å². The third kappa shape index (κ3) is 14.2. The van der Waals surface area contributed by atoms with Crippen LogP contribution in [0.2, 0.25) is 10.0 Å². The van der Waals surface area contributed by atoms with Gasteiger partial charge in [-0.05, 0) is 77.3 Å². The molecule has 4 aliphatic rings. The van der Waals surface area contributed by atoms with Gasteiger partial charge in [0.25, 0.3) is 22.9 Å². The lowest BCUT2D eigenvalue weighted by Crippen LogP contribution is -2.56. The molecule has 2 aromatic carbocycles. The van der Waals surface area contributed by atoms with E-state index in [1.807, 2.05) is 0 Å². The fourth-order valence-corrected chi connectivity index (χ4v) is 9.90. The standard InChI is InChI=1S/C28H30ClN5O5.C23H23ClN4O4.C5H9NO2/c1-28(2)15-33(16-28)24(36)13-34-25-20(22(9-10-30-25)39-14-19-7-8-23(35)32-19)11-21(27(34)38)26(37)31-12-17-3-5-18(29)6-4-17;1-23(2)12-27(13-23)19(30)11-28-20-16(18(29)7-8-25-20)9-17(22(28)32)21(31)26-10-14-3-5-15(24)6-4-14;7-3-4-1-2-5(8)6-4/h3-6,9-11,19H,7-8,12-16H2,1-2H3,(H,31,37)(H,32,35);3-9H,10-13H2,1-2H3,(H,25,29)(H,26,31);4,7H,1-3H2,(H,6,8)/t19-;;4-/m0.0/s1. The summed E-state index contributed by atoms with van der Waals surface area (Å²) in [6.45, 7) is 10.8. The summed E-state index contributed by atoms with van der Waals surface area (Å²) in [4.78, 5) is 124. The minimum atomic E-state index is -0.638. The molecule has 4 aromatic heterocycles. The van der Waals surface area contributed by atoms with Crippen LogP contribution in [0.4, 0.5) is 0 Å². The third-order valence-corrected chi connectivity index (χ3v) is 14.3. The lowest BCUT2D eigenvalue weighted by Gasteiger charge is -2.45. The number of hydrogen-bond acceptors (Lipinski definition) is 12. The van der Waals surface area contributed by atoms with Crippen LogP contribution in [-0.4, -0.2) is 121 Å². The van der Waals surface area contributed by atoms with Gasteiger partial charge in [0.15, 0.2) is 5.43 Å². The molecule has 0 bridgehead atoms. The lowest BCUT2D eigenvalue weighted by atomic mass is 9.84. The van der Waals surface area contributed by atoms with Gasteiger partial charge in [0.1, 0.15) is 47.9 Å². The van der Waals surface area contributed by atoms with Gasteiger partial charge in [0.2, 0.25) is 23.6 Å². The van der Waals surface area contributed by atoms with E-state index in [1.165, 1.54) is 39.7 Å². The van der Waals surface area contributed by atoms with Crippen LogP contribution in [0.3, 0.4) is 0 Å². The molecule has 8 heterocycles. The zero-order chi connectivity index (χ0) is 56.8. The summed E-state index contributed by atoms with van der Waals surface area (Å²) in [5.41, 5.74) is 0.225. The lowest BCUT2D eigenvalue weighted by molar-refractivity contribution is -0.142. The number of halogens is 2. The smallest absolute Gasteiger partial charge is 0.265 e. The Morgan fingerprint density at radius 1 is 0.671 bits per heavy atom. The maximum Gasteiger partial charge on any atom is 0.265 e. The SMILES string of the molecule is CC1(C)CN(C(=O)Cn2c(=O)c(C(=O)NCc3ccc(Cl)cc3)cc3c(=O)cc[nH]c32)C1.CC1(C)CN(C(=O)Cn2c(=O)c(C(=O)NCc3ccc(Cl)cc3)cc3c(OC[C@@H]4CCC(=O)N4)ccnc32)C1.O=C1CC[C@@H](CO)N1. The molecule has 416 valence electrons. The second-order valence-corrected chi connectivity index (χ2v) is 22.5. The average molecular weight is 1120 g/mol. The van der Waals surface area contributed by atoms with Crippen LogP contribution in [0, 0.1) is 10.8 Å². The Hall–Kier alpha value is -7.88. The quantitative estimate of drug-likeness (QED) is 0.0907. The number of aromatic amines is 1. The Morgan fingerprint density at radius 2 is 1.15 bits per heavy atom. The zero-order valence-corrected chi connectivity index (χ0v) is 45.7. The second-order valence-electron chi connectivity index (χ2n) is 21.6. The van der Waals surface area contributed by atoms with Crippen LogP contribution in [0.1, 0.15) is 85.2 Å². The third-order valence-electron chi connectivity index (χ3n) is 13.8. The van der Waals surface area contributed by atoms with E-state index in [0.717, 1.165) is 17.5 Å². The summed E-state index contributed by atoms with van der Waals surface area (Å²) in [6, 6.07) is 19.5. The molecule has 0 radical (unpaired) electrons. The Balaban J connectivity index is 0.000000185. The van der Waals surface area contributed by atoms with E-state index < -0.39 is 22.9 Å². The van der Waals surface area contributed by atoms with Crippen molar-refractivity contribution < 1.29 is 38.6 Å². The number of aliphatic hydroxyl groups is 1. The minimum absolute atomic E-state index is 0.0237. The molecule has 4 fully saturated rings. The van der Waals surface area contributed by atoms with Gasteiger partial charge in [-0.2, -0.15) is 0 Å². The predicted octanol–water partition coefficient (Wildman–Crippen LogP) is 3.90.